The fourth-order valence-electron chi connectivity index (χ4n) is 3.31. The van der Waals surface area contributed by atoms with Crippen LogP contribution >= 0.6 is 0 Å². The Hall–Kier alpha value is -2.06. The van der Waals surface area contributed by atoms with Crippen molar-refractivity contribution in [2.75, 3.05) is 19.0 Å². The summed E-state index contributed by atoms with van der Waals surface area (Å²) in [6, 6.07) is 7.29. The van der Waals surface area contributed by atoms with Gasteiger partial charge in [0.05, 0.1) is 12.2 Å². The lowest BCUT2D eigenvalue weighted by Crippen LogP contribution is -2.47. The Morgan fingerprint density at radius 1 is 1.48 bits per heavy atom. The molecule has 0 radical (unpaired) electrons. The third-order valence-electron chi connectivity index (χ3n) is 4.69. The minimum Gasteiger partial charge on any atom is -0.492 e. The van der Waals surface area contributed by atoms with Gasteiger partial charge in [-0.05, 0) is 49.3 Å². The third-order valence-corrected chi connectivity index (χ3v) is 4.69. The summed E-state index contributed by atoms with van der Waals surface area (Å²) in [5.41, 5.74) is 0.229. The Kier molecular flexibility index (Phi) is 6.44. The molecule has 5 nitrogen and oxygen atoms in total. The summed E-state index contributed by atoms with van der Waals surface area (Å²) in [6.45, 7) is 6.80. The highest BCUT2D eigenvalue weighted by molar-refractivity contribution is 5.97. The molecule has 5 heteroatoms. The van der Waals surface area contributed by atoms with E-state index in [-0.39, 0.29) is 5.91 Å². The van der Waals surface area contributed by atoms with E-state index in [0.717, 1.165) is 25.7 Å². The monoisotopic (exact) mass is 344 g/mol. The molecule has 0 heterocycles. The molecule has 25 heavy (non-hydrogen) atoms. The first-order valence-corrected chi connectivity index (χ1v) is 8.93. The molecule has 1 saturated carbocycles. The molecule has 0 aromatic heterocycles. The second kappa shape index (κ2) is 8.35. The fraction of sp³-hybridized carbons (Fsp3) is 0.600. The number of carbonyl (C=O) groups excluding carboxylic acids is 1. The number of nitrogens with one attached hydrogen (secondary N) is 1. The van der Waals surface area contributed by atoms with Crippen LogP contribution < -0.4 is 10.1 Å². The van der Waals surface area contributed by atoms with E-state index in [2.05, 4.69) is 32.2 Å². The van der Waals surface area contributed by atoms with Crippen molar-refractivity contribution in [2.45, 2.75) is 52.1 Å². The lowest BCUT2D eigenvalue weighted by molar-refractivity contribution is -0.143. The Balaban J connectivity index is 2.13. The molecule has 1 aliphatic rings. The van der Waals surface area contributed by atoms with E-state index >= 15 is 0 Å². The van der Waals surface area contributed by atoms with Crippen molar-refractivity contribution < 1.29 is 14.3 Å². The zero-order valence-corrected chi connectivity index (χ0v) is 15.6. The van der Waals surface area contributed by atoms with Gasteiger partial charge < -0.3 is 14.8 Å². The van der Waals surface area contributed by atoms with Gasteiger partial charge in [0, 0.05) is 12.8 Å². The first-order valence-electron chi connectivity index (χ1n) is 8.93. The van der Waals surface area contributed by atoms with Crippen molar-refractivity contribution in [3.05, 3.63) is 23.8 Å². The number of amides is 1. The van der Waals surface area contributed by atoms with Crippen LogP contribution in [0.1, 0.15) is 52.0 Å². The van der Waals surface area contributed by atoms with Gasteiger partial charge in [0.15, 0.2) is 0 Å². The molecule has 1 fully saturated rings. The molecule has 0 aliphatic heterocycles. The predicted molar refractivity (Wildman–Crippen MR) is 97.5 cm³/mol. The summed E-state index contributed by atoms with van der Waals surface area (Å²) in [6.07, 6.45) is 3.54. The van der Waals surface area contributed by atoms with Crippen LogP contribution in [0, 0.1) is 23.2 Å². The van der Waals surface area contributed by atoms with Crippen LogP contribution in [0.25, 0.3) is 0 Å². The van der Waals surface area contributed by atoms with Crippen LogP contribution in [-0.2, 0) is 9.53 Å². The number of rotatable bonds is 6. The van der Waals surface area contributed by atoms with E-state index in [1.54, 1.807) is 25.3 Å². The second-order valence-electron chi connectivity index (χ2n) is 7.38. The third kappa shape index (κ3) is 4.73. The molecule has 1 N–H and O–H groups in total. The normalized spacial score (nSPS) is 23.1. The van der Waals surface area contributed by atoms with Crippen LogP contribution in [0.3, 0.4) is 0 Å². The van der Waals surface area contributed by atoms with Crippen molar-refractivity contribution in [1.29, 1.82) is 5.26 Å². The number of hydrogen-bond donors (Lipinski definition) is 1. The molecule has 2 rings (SSSR count). The number of benzene rings is 1. The van der Waals surface area contributed by atoms with Crippen LogP contribution in [-0.4, -0.2) is 25.2 Å². The lowest BCUT2D eigenvalue weighted by atomic mass is 9.78. The highest BCUT2D eigenvalue weighted by atomic mass is 16.5. The van der Waals surface area contributed by atoms with E-state index in [4.69, 9.17) is 9.47 Å². The summed E-state index contributed by atoms with van der Waals surface area (Å²) in [5.74, 6) is 1.24. The maximum absolute atomic E-state index is 12.8. The molecule has 1 aliphatic carbocycles. The molecule has 2 atom stereocenters. The Morgan fingerprint density at radius 2 is 2.24 bits per heavy atom. The average Bonchev–Trinajstić information content (AvgIpc) is 2.60. The van der Waals surface area contributed by atoms with Gasteiger partial charge in [-0.25, -0.2) is 0 Å². The molecule has 0 unspecified atom stereocenters. The van der Waals surface area contributed by atoms with Gasteiger partial charge in [-0.3, -0.25) is 4.79 Å². The van der Waals surface area contributed by atoms with E-state index in [9.17, 15) is 10.1 Å². The molecular weight excluding hydrogens is 316 g/mol. The minimum absolute atomic E-state index is 0.138. The summed E-state index contributed by atoms with van der Waals surface area (Å²) in [4.78, 5) is 12.8. The first-order chi connectivity index (χ1) is 11.9. The van der Waals surface area contributed by atoms with Crippen LogP contribution in [0.5, 0.6) is 5.75 Å². The molecule has 0 saturated heterocycles. The maximum Gasteiger partial charge on any atom is 0.256 e. The number of carbonyl (C=O) groups is 1. The quantitative estimate of drug-likeness (QED) is 0.842. The van der Waals surface area contributed by atoms with Crippen molar-refractivity contribution in [1.82, 2.24) is 0 Å². The smallest absolute Gasteiger partial charge is 0.256 e. The molecule has 136 valence electrons. The maximum atomic E-state index is 12.8. The zero-order chi connectivity index (χ0) is 18.4. The highest BCUT2D eigenvalue weighted by Gasteiger charge is 2.42. The molecule has 1 aromatic rings. The Bertz CT molecular complexity index is 651. The van der Waals surface area contributed by atoms with Crippen LogP contribution in [0.4, 0.5) is 5.69 Å². The standard InChI is InChI=1S/C20H28N2O3/c1-14(2)13-25-18-8-7-17(10-16(18)12-21)22-19(23)20(24-4)9-5-6-15(3)11-20/h7-8,10,14-15H,5-6,9,11,13H2,1-4H3,(H,22,23)/t15-,20-/m1/s1. The number of ether oxygens (including phenoxy) is 2. The number of nitrogens with zero attached hydrogens (tertiary/aromatic N) is 1. The SMILES string of the molecule is CO[C@]1(C(=O)Nc2ccc(OCC(C)C)c(C#N)c2)CCC[C@@H](C)C1. The summed E-state index contributed by atoms with van der Waals surface area (Å²) in [7, 11) is 1.60. The molecular formula is C20H28N2O3. The zero-order valence-electron chi connectivity index (χ0n) is 15.6. The van der Waals surface area contributed by atoms with E-state index in [0.29, 0.717) is 35.4 Å². The Morgan fingerprint density at radius 3 is 2.84 bits per heavy atom. The van der Waals surface area contributed by atoms with Crippen molar-refractivity contribution in [3.8, 4) is 11.8 Å². The predicted octanol–water partition coefficient (Wildman–Crippen LogP) is 4.13. The topological polar surface area (TPSA) is 71.3 Å². The summed E-state index contributed by atoms with van der Waals surface area (Å²) < 4.78 is 11.3. The van der Waals surface area contributed by atoms with Gasteiger partial charge in [0.25, 0.3) is 5.91 Å². The number of anilines is 1. The fourth-order valence-corrected chi connectivity index (χ4v) is 3.31. The number of nitriles is 1. The highest BCUT2D eigenvalue weighted by Crippen LogP contribution is 2.36. The van der Waals surface area contributed by atoms with Crippen LogP contribution in [0.2, 0.25) is 0 Å². The average molecular weight is 344 g/mol. The van der Waals surface area contributed by atoms with Crippen molar-refractivity contribution in [2.24, 2.45) is 11.8 Å². The van der Waals surface area contributed by atoms with Gasteiger partial charge in [-0.1, -0.05) is 27.2 Å². The van der Waals surface area contributed by atoms with Crippen molar-refractivity contribution >= 4 is 11.6 Å². The van der Waals surface area contributed by atoms with Crippen molar-refractivity contribution in [3.63, 3.8) is 0 Å². The van der Waals surface area contributed by atoms with E-state index < -0.39 is 5.60 Å². The van der Waals surface area contributed by atoms with Gasteiger partial charge >= 0.3 is 0 Å². The largest absolute Gasteiger partial charge is 0.492 e. The van der Waals surface area contributed by atoms with Gasteiger partial charge in [-0.2, -0.15) is 5.26 Å². The molecule has 1 aromatic carbocycles. The second-order valence-corrected chi connectivity index (χ2v) is 7.38. The molecule has 0 spiro atoms. The van der Waals surface area contributed by atoms with Gasteiger partial charge in [0.1, 0.15) is 17.4 Å². The van der Waals surface area contributed by atoms with Gasteiger partial charge in [-0.15, -0.1) is 0 Å². The minimum atomic E-state index is -0.780. The lowest BCUT2D eigenvalue weighted by Gasteiger charge is -2.37. The Labute approximate surface area is 150 Å². The van der Waals surface area contributed by atoms with E-state index in [1.165, 1.54) is 0 Å². The summed E-state index contributed by atoms with van der Waals surface area (Å²) >= 11 is 0. The first kappa shape index (κ1) is 19.3. The van der Waals surface area contributed by atoms with Crippen LogP contribution in [0.15, 0.2) is 18.2 Å². The number of hydrogen-bond acceptors (Lipinski definition) is 4. The van der Waals surface area contributed by atoms with E-state index in [1.807, 2.05) is 0 Å². The molecule has 1 amide bonds. The number of methoxy groups -OCH3 is 1. The summed E-state index contributed by atoms with van der Waals surface area (Å²) in [5, 5.41) is 12.3. The van der Waals surface area contributed by atoms with Gasteiger partial charge in [0.2, 0.25) is 0 Å². The molecule has 0 bridgehead atoms.